The molecule has 0 amide bonds. The molecule has 0 bridgehead atoms. The van der Waals surface area contributed by atoms with E-state index in [0.717, 1.165) is 84.0 Å². The number of aromatic hydroxyl groups is 1. The van der Waals surface area contributed by atoms with Crippen molar-refractivity contribution in [3.8, 4) is 45.6 Å². The average Bonchev–Trinajstić information content (AvgIpc) is 3.50. The molecule has 0 saturated carbocycles. The number of aryl methyl sites for hydroxylation is 6. The Morgan fingerprint density at radius 1 is 0.500 bits per heavy atom. The standard InChI is InChI=1S/C71H71O6P/c1-12-53-23-25-55(26-24-53)45-74-61-35-36-65(66(43-61)78(73,63-19-15-13-16-20-63)64-21-17-14-18-22-64)75-46-56-29-33-58(34-30-56)57-31-27-54(28-32-57)44-70(8,9)77-69-51(6)41-62(42-52(69)7)76-68-49(4)39-60(40-50(68)5)71(10,11)59-37-47(2)67(72)48(3)38-59/h12-43,72H,1,44-46H2,2-11H3. The van der Waals surface area contributed by atoms with Crippen molar-refractivity contribution in [1.82, 2.24) is 0 Å². The summed E-state index contributed by atoms with van der Waals surface area (Å²) in [7, 11) is -3.42. The lowest BCUT2D eigenvalue weighted by Gasteiger charge is -2.29. The molecule has 9 aromatic rings. The number of hydrogen-bond acceptors (Lipinski definition) is 6. The third-order valence-corrected chi connectivity index (χ3v) is 17.9. The molecule has 0 fully saturated rings. The van der Waals surface area contributed by atoms with Crippen LogP contribution in [0.1, 0.15) is 94.5 Å². The summed E-state index contributed by atoms with van der Waals surface area (Å²) in [5.41, 5.74) is 13.9. The molecular weight excluding hydrogens is 980 g/mol. The highest BCUT2D eigenvalue weighted by Gasteiger charge is 2.34. The van der Waals surface area contributed by atoms with Crippen LogP contribution in [0.4, 0.5) is 0 Å². The second-order valence-electron chi connectivity index (χ2n) is 21.9. The summed E-state index contributed by atoms with van der Waals surface area (Å²) in [6, 6.07) is 62.9. The van der Waals surface area contributed by atoms with Gasteiger partial charge in [0.1, 0.15) is 53.3 Å². The van der Waals surface area contributed by atoms with Crippen LogP contribution < -0.4 is 34.9 Å². The molecular formula is C71H71O6P. The van der Waals surface area contributed by atoms with Crippen molar-refractivity contribution in [2.24, 2.45) is 0 Å². The summed E-state index contributed by atoms with van der Waals surface area (Å²) in [6.45, 7) is 25.5. The van der Waals surface area contributed by atoms with Gasteiger partial charge in [0.15, 0.2) is 7.14 Å². The molecule has 7 heteroatoms. The van der Waals surface area contributed by atoms with Crippen molar-refractivity contribution in [1.29, 1.82) is 0 Å². The maximum atomic E-state index is 15.8. The molecule has 1 N–H and O–H groups in total. The molecule has 78 heavy (non-hydrogen) atoms. The van der Waals surface area contributed by atoms with Gasteiger partial charge < -0.3 is 28.6 Å². The van der Waals surface area contributed by atoms with Gasteiger partial charge in [-0.2, -0.15) is 0 Å². The Labute approximate surface area is 462 Å². The first-order chi connectivity index (χ1) is 37.3. The molecule has 6 nitrogen and oxygen atoms in total. The molecule has 0 atom stereocenters. The largest absolute Gasteiger partial charge is 0.507 e. The molecule has 396 valence electrons. The minimum absolute atomic E-state index is 0.272. The third-order valence-electron chi connectivity index (χ3n) is 14.8. The fourth-order valence-electron chi connectivity index (χ4n) is 10.4. The normalized spacial score (nSPS) is 11.8. The quantitative estimate of drug-likeness (QED) is 0.0814. The van der Waals surface area contributed by atoms with E-state index >= 15 is 4.57 Å². The first kappa shape index (κ1) is 54.7. The van der Waals surface area contributed by atoms with Crippen LogP contribution >= 0.6 is 7.14 Å². The van der Waals surface area contributed by atoms with Crippen LogP contribution in [0.25, 0.3) is 17.2 Å². The van der Waals surface area contributed by atoms with Crippen molar-refractivity contribution in [3.63, 3.8) is 0 Å². The molecule has 0 aromatic heterocycles. The highest BCUT2D eigenvalue weighted by Crippen LogP contribution is 2.47. The molecule has 0 saturated heterocycles. The fraction of sp³-hybridized carbons (Fsp3) is 0.211. The van der Waals surface area contributed by atoms with Crippen molar-refractivity contribution in [2.45, 2.75) is 99.9 Å². The second-order valence-corrected chi connectivity index (χ2v) is 24.6. The van der Waals surface area contributed by atoms with Gasteiger partial charge in [-0.25, -0.2) is 0 Å². The number of ether oxygens (including phenoxy) is 4. The molecule has 0 radical (unpaired) electrons. The zero-order chi connectivity index (χ0) is 55.4. The predicted octanol–water partition coefficient (Wildman–Crippen LogP) is 16.9. The Kier molecular flexibility index (Phi) is 16.1. The number of benzene rings is 9. The molecule has 0 aliphatic rings. The van der Waals surface area contributed by atoms with Crippen LogP contribution in [-0.2, 0) is 29.6 Å². The SMILES string of the molecule is C=Cc1ccc(COc2ccc(OCc3ccc(-c4ccc(CC(C)(C)Oc5c(C)cc(Oc6c(C)cc(C(C)(C)c7cc(C)c(O)c(C)c7)cc6C)cc5C)cc4)cc3)c(P(=O)(c3ccccc3)c3ccccc3)c2)cc1. The van der Waals surface area contributed by atoms with Crippen LogP contribution in [0.3, 0.4) is 0 Å². The Morgan fingerprint density at radius 2 is 0.962 bits per heavy atom. The molecule has 0 unspecified atom stereocenters. The van der Waals surface area contributed by atoms with E-state index in [1.807, 2.05) is 123 Å². The predicted molar refractivity (Wildman–Crippen MR) is 323 cm³/mol. The van der Waals surface area contributed by atoms with Gasteiger partial charge in [0.25, 0.3) is 0 Å². The first-order valence-electron chi connectivity index (χ1n) is 26.7. The number of hydrogen-bond donors (Lipinski definition) is 1. The number of phenols is 1. The molecule has 0 aliphatic heterocycles. The minimum Gasteiger partial charge on any atom is -0.507 e. The van der Waals surface area contributed by atoms with Crippen LogP contribution in [0.5, 0.6) is 34.5 Å². The van der Waals surface area contributed by atoms with E-state index in [-0.39, 0.29) is 12.0 Å². The molecule has 0 heterocycles. The van der Waals surface area contributed by atoms with Crippen molar-refractivity contribution in [2.75, 3.05) is 0 Å². The van der Waals surface area contributed by atoms with E-state index in [1.54, 1.807) is 0 Å². The van der Waals surface area contributed by atoms with Crippen molar-refractivity contribution < 1.29 is 28.6 Å². The van der Waals surface area contributed by atoms with E-state index in [0.29, 0.717) is 46.2 Å². The third kappa shape index (κ3) is 12.1. The van der Waals surface area contributed by atoms with Gasteiger partial charge >= 0.3 is 0 Å². The highest BCUT2D eigenvalue weighted by atomic mass is 31.2. The first-order valence-corrected chi connectivity index (χ1v) is 28.4. The van der Waals surface area contributed by atoms with Crippen LogP contribution in [0, 0.1) is 41.5 Å². The maximum Gasteiger partial charge on any atom is 0.174 e. The van der Waals surface area contributed by atoms with E-state index in [4.69, 9.17) is 18.9 Å². The smallest absolute Gasteiger partial charge is 0.174 e. The number of phenolic OH excluding ortho intramolecular Hbond substituents is 1. The van der Waals surface area contributed by atoms with E-state index in [9.17, 15) is 5.11 Å². The van der Waals surface area contributed by atoms with Crippen molar-refractivity contribution in [3.05, 3.63) is 261 Å². The van der Waals surface area contributed by atoms with E-state index in [2.05, 4.69) is 147 Å². The maximum absolute atomic E-state index is 15.8. The Balaban J connectivity index is 0.858. The lowest BCUT2D eigenvalue weighted by atomic mass is 9.76. The van der Waals surface area contributed by atoms with Gasteiger partial charge in [0, 0.05) is 22.4 Å². The summed E-state index contributed by atoms with van der Waals surface area (Å²) in [6.07, 6.45) is 2.53. The van der Waals surface area contributed by atoms with Gasteiger partial charge in [-0.05, 0) is 164 Å². The zero-order valence-corrected chi connectivity index (χ0v) is 47.6. The summed E-state index contributed by atoms with van der Waals surface area (Å²) < 4.78 is 42.2. The zero-order valence-electron chi connectivity index (χ0n) is 46.7. The van der Waals surface area contributed by atoms with E-state index in [1.165, 1.54) is 11.1 Å². The van der Waals surface area contributed by atoms with Gasteiger partial charge in [0.2, 0.25) is 0 Å². The molecule has 9 aromatic carbocycles. The monoisotopic (exact) mass is 1050 g/mol. The second kappa shape index (κ2) is 22.9. The summed E-state index contributed by atoms with van der Waals surface area (Å²) in [5, 5.41) is 12.5. The topological polar surface area (TPSA) is 74.2 Å². The summed E-state index contributed by atoms with van der Waals surface area (Å²) >= 11 is 0. The molecule has 0 spiro atoms. The highest BCUT2D eigenvalue weighted by molar-refractivity contribution is 7.85. The van der Waals surface area contributed by atoms with Crippen LogP contribution in [-0.4, -0.2) is 10.7 Å². The summed E-state index contributed by atoms with van der Waals surface area (Å²) in [4.78, 5) is 0. The minimum atomic E-state index is -3.42. The molecule has 9 rings (SSSR count). The van der Waals surface area contributed by atoms with Gasteiger partial charge in [-0.1, -0.05) is 184 Å². The lowest BCUT2D eigenvalue weighted by molar-refractivity contribution is 0.108. The Morgan fingerprint density at radius 3 is 1.47 bits per heavy atom. The molecule has 0 aliphatic carbocycles. The summed E-state index contributed by atoms with van der Waals surface area (Å²) in [5.74, 6) is 3.99. The average molecular weight is 1050 g/mol. The van der Waals surface area contributed by atoms with Gasteiger partial charge in [-0.15, -0.1) is 0 Å². The Bertz CT molecular complexity index is 3520. The van der Waals surface area contributed by atoms with Gasteiger partial charge in [-0.3, -0.25) is 0 Å². The van der Waals surface area contributed by atoms with Crippen molar-refractivity contribution >= 4 is 29.1 Å². The Hall–Kier alpha value is -8.05. The van der Waals surface area contributed by atoms with Crippen LogP contribution in [0.15, 0.2) is 195 Å². The lowest BCUT2D eigenvalue weighted by Crippen LogP contribution is -2.31. The van der Waals surface area contributed by atoms with E-state index < -0.39 is 12.7 Å². The number of rotatable bonds is 19. The fourth-order valence-corrected chi connectivity index (χ4v) is 13.1. The van der Waals surface area contributed by atoms with Crippen LogP contribution in [0.2, 0.25) is 0 Å². The van der Waals surface area contributed by atoms with Gasteiger partial charge in [0.05, 0.1) is 5.30 Å².